The van der Waals surface area contributed by atoms with Gasteiger partial charge in [-0.05, 0) is 47.2 Å². The zero-order chi connectivity index (χ0) is 12.8. The highest BCUT2D eigenvalue weighted by Crippen LogP contribution is 2.32. The van der Waals surface area contributed by atoms with Crippen molar-refractivity contribution in [1.29, 1.82) is 0 Å². The van der Waals surface area contributed by atoms with Gasteiger partial charge in [0.1, 0.15) is 0 Å². The van der Waals surface area contributed by atoms with Gasteiger partial charge in [0.2, 0.25) is 0 Å². The number of benzene rings is 1. The van der Waals surface area contributed by atoms with Gasteiger partial charge in [-0.3, -0.25) is 0 Å². The maximum atomic E-state index is 10.4. The Kier molecular flexibility index (Phi) is 5.01. The largest absolute Gasteiger partial charge is 0.504 e. The average molecular weight is 349 g/mol. The molecule has 0 fully saturated rings. The zero-order valence-corrected chi connectivity index (χ0v) is 11.3. The number of urea groups is 1. The van der Waals surface area contributed by atoms with E-state index in [0.29, 0.717) is 21.5 Å². The molecule has 7 heteroatoms. The number of nitrogens with zero attached hydrogens (tertiary/aromatic N) is 1. The van der Waals surface area contributed by atoms with Crippen LogP contribution in [-0.4, -0.2) is 24.0 Å². The molecule has 92 valence electrons. The Morgan fingerprint density at radius 2 is 2.41 bits per heavy atom. The molecule has 17 heavy (non-hydrogen) atoms. The molecule has 0 unspecified atom stereocenters. The second-order valence-electron chi connectivity index (χ2n) is 3.02. The van der Waals surface area contributed by atoms with Crippen molar-refractivity contribution in [2.75, 3.05) is 6.61 Å². The lowest BCUT2D eigenvalue weighted by molar-refractivity contribution is 0.249. The van der Waals surface area contributed by atoms with Crippen LogP contribution in [0.25, 0.3) is 0 Å². The summed E-state index contributed by atoms with van der Waals surface area (Å²) in [6, 6.07) is 2.58. The first-order valence-electron chi connectivity index (χ1n) is 4.78. The number of phenolic OH excluding ortho intramolecular Hbond substituents is 1. The van der Waals surface area contributed by atoms with E-state index in [1.54, 1.807) is 12.1 Å². The number of aromatic hydroxyl groups is 1. The van der Waals surface area contributed by atoms with E-state index in [4.69, 9.17) is 10.5 Å². The van der Waals surface area contributed by atoms with Crippen LogP contribution < -0.4 is 15.9 Å². The fourth-order valence-corrected chi connectivity index (χ4v) is 1.73. The number of phenols is 1. The standard InChI is InChI=1S/C10H12IN3O3/c1-2-17-8-4-6(3-7(11)9(8)15)5-13-14-10(12)16/h3-5,15H,2H2,1H3,(H3,12,14,16)/b13-5+. The number of hydrogen-bond donors (Lipinski definition) is 3. The van der Waals surface area contributed by atoms with Gasteiger partial charge in [0, 0.05) is 0 Å². The molecule has 0 aliphatic carbocycles. The molecule has 0 atom stereocenters. The van der Waals surface area contributed by atoms with Crippen molar-refractivity contribution in [2.45, 2.75) is 6.92 Å². The van der Waals surface area contributed by atoms with Crippen molar-refractivity contribution in [2.24, 2.45) is 10.8 Å². The molecule has 2 amide bonds. The monoisotopic (exact) mass is 349 g/mol. The van der Waals surface area contributed by atoms with Crippen molar-refractivity contribution >= 4 is 34.8 Å². The van der Waals surface area contributed by atoms with Crippen molar-refractivity contribution in [1.82, 2.24) is 5.43 Å². The van der Waals surface area contributed by atoms with Crippen LogP contribution in [0.3, 0.4) is 0 Å². The summed E-state index contributed by atoms with van der Waals surface area (Å²) in [5.74, 6) is 0.465. The maximum Gasteiger partial charge on any atom is 0.332 e. The Bertz CT molecular complexity index is 449. The highest BCUT2D eigenvalue weighted by atomic mass is 127. The van der Waals surface area contributed by atoms with Crippen LogP contribution in [-0.2, 0) is 0 Å². The number of amides is 2. The molecular formula is C10H12IN3O3. The molecule has 0 aliphatic heterocycles. The quantitative estimate of drug-likeness (QED) is 0.435. The number of primary amides is 1. The van der Waals surface area contributed by atoms with E-state index in [-0.39, 0.29) is 5.75 Å². The van der Waals surface area contributed by atoms with Crippen LogP contribution in [0.5, 0.6) is 11.5 Å². The lowest BCUT2D eigenvalue weighted by atomic mass is 10.2. The molecule has 1 aromatic carbocycles. The van der Waals surface area contributed by atoms with E-state index in [9.17, 15) is 9.90 Å². The van der Waals surface area contributed by atoms with Crippen LogP contribution in [0.1, 0.15) is 12.5 Å². The Morgan fingerprint density at radius 3 is 3.00 bits per heavy atom. The third-order valence-corrected chi connectivity index (χ3v) is 2.56. The molecule has 0 aromatic heterocycles. The van der Waals surface area contributed by atoms with E-state index in [2.05, 4.69) is 10.5 Å². The van der Waals surface area contributed by atoms with Gasteiger partial charge < -0.3 is 15.6 Å². The number of hydrazone groups is 1. The number of carbonyl (C=O) groups excluding carboxylic acids is 1. The first-order chi connectivity index (χ1) is 8.04. The molecule has 0 saturated heterocycles. The fraction of sp³-hybridized carbons (Fsp3) is 0.200. The number of rotatable bonds is 4. The average Bonchev–Trinajstić information content (AvgIpc) is 2.25. The van der Waals surface area contributed by atoms with Gasteiger partial charge in [0.15, 0.2) is 11.5 Å². The second kappa shape index (κ2) is 6.28. The summed E-state index contributed by atoms with van der Waals surface area (Å²) in [6.07, 6.45) is 1.41. The Balaban J connectivity index is 2.93. The summed E-state index contributed by atoms with van der Waals surface area (Å²) in [5, 5.41) is 13.3. The summed E-state index contributed by atoms with van der Waals surface area (Å²) >= 11 is 1.98. The molecule has 0 aliphatic rings. The number of halogens is 1. The van der Waals surface area contributed by atoms with Gasteiger partial charge in [0.05, 0.1) is 16.4 Å². The van der Waals surface area contributed by atoms with Gasteiger partial charge in [-0.25, -0.2) is 10.2 Å². The lowest BCUT2D eigenvalue weighted by Crippen LogP contribution is -2.24. The molecule has 4 N–H and O–H groups in total. The molecular weight excluding hydrogens is 337 g/mol. The maximum absolute atomic E-state index is 10.4. The number of nitrogens with two attached hydrogens (primary N) is 1. The smallest absolute Gasteiger partial charge is 0.332 e. The highest BCUT2D eigenvalue weighted by molar-refractivity contribution is 14.1. The summed E-state index contributed by atoms with van der Waals surface area (Å²) in [5.41, 5.74) is 7.62. The molecule has 0 saturated carbocycles. The van der Waals surface area contributed by atoms with Gasteiger partial charge in [-0.1, -0.05) is 0 Å². The summed E-state index contributed by atoms with van der Waals surface area (Å²) in [7, 11) is 0. The third-order valence-electron chi connectivity index (χ3n) is 1.74. The number of hydrogen-bond acceptors (Lipinski definition) is 4. The molecule has 1 rings (SSSR count). The zero-order valence-electron chi connectivity index (χ0n) is 9.11. The van der Waals surface area contributed by atoms with Gasteiger partial charge in [-0.15, -0.1) is 0 Å². The highest BCUT2D eigenvalue weighted by Gasteiger charge is 2.08. The SMILES string of the molecule is CCOc1cc(/C=N/NC(N)=O)cc(I)c1O. The predicted octanol–water partition coefficient (Wildman–Crippen LogP) is 1.40. The first kappa shape index (κ1) is 13.6. The molecule has 1 aromatic rings. The van der Waals surface area contributed by atoms with Gasteiger partial charge in [0.25, 0.3) is 0 Å². The van der Waals surface area contributed by atoms with Gasteiger partial charge >= 0.3 is 6.03 Å². The van der Waals surface area contributed by atoms with Crippen molar-refractivity contribution < 1.29 is 14.6 Å². The molecule has 0 radical (unpaired) electrons. The van der Waals surface area contributed by atoms with Crippen molar-refractivity contribution in [3.63, 3.8) is 0 Å². The molecule has 0 bridgehead atoms. The van der Waals surface area contributed by atoms with Crippen LogP contribution in [0.15, 0.2) is 17.2 Å². The molecule has 6 nitrogen and oxygen atoms in total. The minimum absolute atomic E-state index is 0.0902. The molecule has 0 spiro atoms. The number of ether oxygens (including phenoxy) is 1. The predicted molar refractivity (Wildman–Crippen MR) is 72.3 cm³/mol. The first-order valence-corrected chi connectivity index (χ1v) is 5.86. The van der Waals surface area contributed by atoms with Crippen LogP contribution >= 0.6 is 22.6 Å². The summed E-state index contributed by atoms with van der Waals surface area (Å²) in [4.78, 5) is 10.4. The molecule has 0 heterocycles. The second-order valence-corrected chi connectivity index (χ2v) is 4.18. The normalized spacial score (nSPS) is 10.5. The van der Waals surface area contributed by atoms with Crippen LogP contribution in [0, 0.1) is 3.57 Å². The van der Waals surface area contributed by atoms with Crippen LogP contribution in [0.4, 0.5) is 4.79 Å². The summed E-state index contributed by atoms with van der Waals surface area (Å²) in [6.45, 7) is 2.27. The lowest BCUT2D eigenvalue weighted by Gasteiger charge is -2.08. The van der Waals surface area contributed by atoms with E-state index < -0.39 is 6.03 Å². The topological polar surface area (TPSA) is 96.9 Å². The minimum Gasteiger partial charge on any atom is -0.504 e. The summed E-state index contributed by atoms with van der Waals surface area (Å²) < 4.78 is 5.89. The minimum atomic E-state index is -0.736. The third kappa shape index (κ3) is 4.10. The van der Waals surface area contributed by atoms with E-state index in [1.807, 2.05) is 29.5 Å². The Labute approximate surface area is 112 Å². The van der Waals surface area contributed by atoms with E-state index in [0.717, 1.165) is 0 Å². The van der Waals surface area contributed by atoms with E-state index in [1.165, 1.54) is 6.21 Å². The van der Waals surface area contributed by atoms with Crippen molar-refractivity contribution in [3.05, 3.63) is 21.3 Å². The van der Waals surface area contributed by atoms with E-state index >= 15 is 0 Å². The number of nitrogens with one attached hydrogen (secondary N) is 1. The fourth-order valence-electron chi connectivity index (χ4n) is 1.10. The van der Waals surface area contributed by atoms with Crippen molar-refractivity contribution in [3.8, 4) is 11.5 Å². The Hall–Kier alpha value is -1.51. The van der Waals surface area contributed by atoms with Gasteiger partial charge in [-0.2, -0.15) is 5.10 Å². The Morgan fingerprint density at radius 1 is 1.71 bits per heavy atom. The number of carbonyl (C=O) groups is 1. The van der Waals surface area contributed by atoms with Crippen LogP contribution in [0.2, 0.25) is 0 Å².